The van der Waals surface area contributed by atoms with Gasteiger partial charge in [0.1, 0.15) is 0 Å². The number of ether oxygens (including phenoxy) is 1. The summed E-state index contributed by atoms with van der Waals surface area (Å²) in [6.07, 6.45) is 14.2. The fraction of sp³-hybridized carbons (Fsp3) is 0.531. The van der Waals surface area contributed by atoms with Crippen molar-refractivity contribution in [2.45, 2.75) is 95.3 Å². The first-order valence-electron chi connectivity index (χ1n) is 14.8. The summed E-state index contributed by atoms with van der Waals surface area (Å²) in [4.78, 5) is 39.1. The van der Waals surface area contributed by atoms with Gasteiger partial charge in [-0.3, -0.25) is 14.5 Å². The SMILES string of the molecule is C=CC(=O)OCCCCCN1C(=O)c2cccc3c(S(=O)(=O)CCCCCCCCCCCC)ccc(c23)C1=O. The average molecular weight is 570 g/mol. The molecule has 0 spiro atoms. The fourth-order valence-corrected chi connectivity index (χ4v) is 6.85. The number of sulfone groups is 1. The van der Waals surface area contributed by atoms with Crippen molar-refractivity contribution in [2.75, 3.05) is 18.9 Å². The van der Waals surface area contributed by atoms with Gasteiger partial charge >= 0.3 is 5.97 Å². The van der Waals surface area contributed by atoms with E-state index in [9.17, 15) is 22.8 Å². The lowest BCUT2D eigenvalue weighted by Crippen LogP contribution is -2.41. The molecule has 2 amide bonds. The summed E-state index contributed by atoms with van der Waals surface area (Å²) in [7, 11) is -3.57. The van der Waals surface area contributed by atoms with E-state index in [2.05, 4.69) is 13.5 Å². The molecule has 0 aromatic heterocycles. The normalized spacial score (nSPS) is 13.2. The Morgan fingerprint density at radius 3 is 2.08 bits per heavy atom. The highest BCUT2D eigenvalue weighted by Gasteiger charge is 2.34. The molecule has 8 heteroatoms. The number of nitrogens with zero attached hydrogens (tertiary/aromatic N) is 1. The van der Waals surface area contributed by atoms with E-state index in [4.69, 9.17) is 4.74 Å². The molecule has 218 valence electrons. The van der Waals surface area contributed by atoms with Crippen molar-refractivity contribution >= 4 is 38.4 Å². The Balaban J connectivity index is 1.59. The minimum Gasteiger partial charge on any atom is -0.463 e. The van der Waals surface area contributed by atoms with Crippen LogP contribution in [0.2, 0.25) is 0 Å². The van der Waals surface area contributed by atoms with E-state index in [1.165, 1.54) is 49.5 Å². The molecule has 0 atom stereocenters. The van der Waals surface area contributed by atoms with Crippen LogP contribution in [-0.4, -0.2) is 50.0 Å². The number of imide groups is 1. The van der Waals surface area contributed by atoms with Gasteiger partial charge < -0.3 is 4.74 Å². The Morgan fingerprint density at radius 2 is 1.43 bits per heavy atom. The second-order valence-corrected chi connectivity index (χ2v) is 12.6. The zero-order valence-corrected chi connectivity index (χ0v) is 24.6. The van der Waals surface area contributed by atoms with E-state index in [1.54, 1.807) is 24.3 Å². The predicted molar refractivity (Wildman–Crippen MR) is 158 cm³/mol. The lowest BCUT2D eigenvalue weighted by Gasteiger charge is -2.27. The second kappa shape index (κ2) is 15.7. The maximum absolute atomic E-state index is 13.3. The number of carbonyl (C=O) groups is 3. The maximum atomic E-state index is 13.3. The van der Waals surface area contributed by atoms with Crippen molar-refractivity contribution < 1.29 is 27.5 Å². The van der Waals surface area contributed by atoms with Crippen molar-refractivity contribution in [1.29, 1.82) is 0 Å². The zero-order chi connectivity index (χ0) is 29.0. The van der Waals surface area contributed by atoms with Gasteiger partial charge in [-0.15, -0.1) is 0 Å². The summed E-state index contributed by atoms with van der Waals surface area (Å²) in [5.74, 6) is -1.25. The van der Waals surface area contributed by atoms with Gasteiger partial charge in [0, 0.05) is 34.5 Å². The van der Waals surface area contributed by atoms with Crippen LogP contribution in [0.5, 0.6) is 0 Å². The van der Waals surface area contributed by atoms with Crippen molar-refractivity contribution in [3.05, 3.63) is 54.1 Å². The molecule has 40 heavy (non-hydrogen) atoms. The highest BCUT2D eigenvalue weighted by atomic mass is 32.2. The van der Waals surface area contributed by atoms with Crippen LogP contribution in [0.25, 0.3) is 10.8 Å². The molecule has 0 fully saturated rings. The third-order valence-corrected chi connectivity index (χ3v) is 9.34. The van der Waals surface area contributed by atoms with Gasteiger partial charge in [0.15, 0.2) is 9.84 Å². The molecule has 1 heterocycles. The number of esters is 1. The first kappa shape index (κ1) is 31.5. The number of hydrogen-bond acceptors (Lipinski definition) is 6. The fourth-order valence-electron chi connectivity index (χ4n) is 5.26. The monoisotopic (exact) mass is 569 g/mol. The van der Waals surface area contributed by atoms with Crippen molar-refractivity contribution in [3.8, 4) is 0 Å². The number of amides is 2. The van der Waals surface area contributed by atoms with Crippen LogP contribution in [0.1, 0.15) is 111 Å². The standard InChI is InChI=1S/C32H43NO6S/c1-3-5-6-7-8-9-10-11-12-16-24-40(37,38)28-21-20-27-30-25(28)18-17-19-26(30)31(35)33(32(27)36)22-14-13-15-23-39-29(34)4-2/h4,17-21H,2-3,5-16,22-24H2,1H3. The number of unbranched alkanes of at least 4 members (excludes halogenated alkanes) is 11. The maximum Gasteiger partial charge on any atom is 0.330 e. The van der Waals surface area contributed by atoms with Crippen molar-refractivity contribution in [2.24, 2.45) is 0 Å². The molecule has 0 unspecified atom stereocenters. The van der Waals surface area contributed by atoms with Crippen LogP contribution in [0.15, 0.2) is 47.9 Å². The molecular formula is C32H43NO6S. The molecular weight excluding hydrogens is 526 g/mol. The Morgan fingerprint density at radius 1 is 0.825 bits per heavy atom. The molecule has 7 nitrogen and oxygen atoms in total. The van der Waals surface area contributed by atoms with Gasteiger partial charge in [-0.25, -0.2) is 13.2 Å². The molecule has 1 aliphatic heterocycles. The van der Waals surface area contributed by atoms with Gasteiger partial charge in [0.2, 0.25) is 0 Å². The number of benzene rings is 2. The minimum atomic E-state index is -3.57. The predicted octanol–water partition coefficient (Wildman–Crippen LogP) is 7.03. The molecule has 2 aromatic rings. The van der Waals surface area contributed by atoms with Crippen LogP contribution in [0.4, 0.5) is 0 Å². The third-order valence-electron chi connectivity index (χ3n) is 7.49. The van der Waals surface area contributed by atoms with Crippen LogP contribution in [-0.2, 0) is 19.4 Å². The van der Waals surface area contributed by atoms with Crippen LogP contribution < -0.4 is 0 Å². The van der Waals surface area contributed by atoms with Crippen molar-refractivity contribution in [3.63, 3.8) is 0 Å². The highest BCUT2D eigenvalue weighted by molar-refractivity contribution is 7.91. The quantitative estimate of drug-likeness (QED) is 0.0780. The minimum absolute atomic E-state index is 0.0539. The lowest BCUT2D eigenvalue weighted by molar-refractivity contribution is -0.137. The number of carbonyl (C=O) groups excluding carboxylic acids is 3. The second-order valence-electron chi connectivity index (χ2n) is 10.5. The summed E-state index contributed by atoms with van der Waals surface area (Å²) in [5, 5.41) is 0.863. The lowest BCUT2D eigenvalue weighted by atomic mass is 9.94. The highest BCUT2D eigenvalue weighted by Crippen LogP contribution is 2.34. The molecule has 0 radical (unpaired) electrons. The zero-order valence-electron chi connectivity index (χ0n) is 23.8. The Bertz CT molecular complexity index is 1280. The van der Waals surface area contributed by atoms with Gasteiger partial charge in [-0.1, -0.05) is 83.4 Å². The van der Waals surface area contributed by atoms with Crippen LogP contribution in [0.3, 0.4) is 0 Å². The molecule has 1 aliphatic rings. The molecule has 0 bridgehead atoms. The Hall–Kier alpha value is -3.00. The summed E-state index contributed by atoms with van der Waals surface area (Å²) in [6.45, 7) is 6.06. The van der Waals surface area contributed by atoms with Gasteiger partial charge in [-0.2, -0.15) is 0 Å². The van der Waals surface area contributed by atoms with Crippen LogP contribution >= 0.6 is 0 Å². The van der Waals surface area contributed by atoms with Gasteiger partial charge in [-0.05, 0) is 43.9 Å². The Kier molecular flexibility index (Phi) is 12.4. The molecule has 0 saturated carbocycles. The summed E-state index contributed by atoms with van der Waals surface area (Å²) in [6, 6.07) is 8.09. The van der Waals surface area contributed by atoms with E-state index in [0.717, 1.165) is 25.3 Å². The molecule has 2 aromatic carbocycles. The van der Waals surface area contributed by atoms with Crippen molar-refractivity contribution in [1.82, 2.24) is 4.90 Å². The largest absolute Gasteiger partial charge is 0.463 e. The molecule has 0 aliphatic carbocycles. The smallest absolute Gasteiger partial charge is 0.330 e. The van der Waals surface area contributed by atoms with E-state index in [0.29, 0.717) is 47.6 Å². The van der Waals surface area contributed by atoms with E-state index in [1.807, 2.05) is 0 Å². The average Bonchev–Trinajstić information content (AvgIpc) is 2.95. The van der Waals surface area contributed by atoms with Crippen LogP contribution in [0, 0.1) is 0 Å². The summed E-state index contributed by atoms with van der Waals surface area (Å²) < 4.78 is 31.6. The summed E-state index contributed by atoms with van der Waals surface area (Å²) >= 11 is 0. The first-order chi connectivity index (χ1) is 19.3. The molecule has 0 N–H and O–H groups in total. The van der Waals surface area contributed by atoms with E-state index < -0.39 is 27.6 Å². The van der Waals surface area contributed by atoms with E-state index in [-0.39, 0.29) is 23.8 Å². The Labute approximate surface area is 238 Å². The molecule has 0 saturated heterocycles. The number of rotatable bonds is 19. The third kappa shape index (κ3) is 8.26. The summed E-state index contributed by atoms with van der Waals surface area (Å²) in [5.41, 5.74) is 0.700. The topological polar surface area (TPSA) is 97.8 Å². The number of hydrogen-bond donors (Lipinski definition) is 0. The van der Waals surface area contributed by atoms with Gasteiger partial charge in [0.05, 0.1) is 17.3 Å². The molecule has 3 rings (SSSR count). The first-order valence-corrected chi connectivity index (χ1v) is 16.4. The van der Waals surface area contributed by atoms with Gasteiger partial charge in [0.25, 0.3) is 11.8 Å². The van der Waals surface area contributed by atoms with E-state index >= 15 is 0 Å².